The van der Waals surface area contributed by atoms with Crippen LogP contribution in [0.25, 0.3) is 0 Å². The normalized spacial score (nSPS) is 11.1. The average Bonchev–Trinajstić information content (AvgIpc) is 2.71. The molecule has 28 heavy (non-hydrogen) atoms. The molecule has 0 spiro atoms. The third-order valence-corrected chi connectivity index (χ3v) is 6.53. The maximum Gasteiger partial charge on any atom is 0.264 e. The van der Waals surface area contributed by atoms with E-state index >= 15 is 0 Å². The molecule has 0 fully saturated rings. The molecule has 1 amide bonds. The minimum atomic E-state index is -3.66. The highest BCUT2D eigenvalue weighted by molar-refractivity contribution is 7.92. The molecule has 3 aromatic rings. The number of benzene rings is 3. The van der Waals surface area contributed by atoms with Crippen molar-refractivity contribution in [2.75, 3.05) is 16.7 Å². The van der Waals surface area contributed by atoms with Gasteiger partial charge in [0.1, 0.15) is 0 Å². The van der Waals surface area contributed by atoms with Gasteiger partial charge in [-0.2, -0.15) is 0 Å². The monoisotopic (exact) mass is 414 g/mol. The maximum atomic E-state index is 12.7. The Bertz CT molecular complexity index is 1100. The van der Waals surface area contributed by atoms with Gasteiger partial charge in [-0.15, -0.1) is 0 Å². The standard InChI is InChI=1S/C21H19ClN2O3S/c1-15-8-11-17(14-20(15)22)23-21(25)16-9-12-18(13-10-16)24(2)28(26,27)19-6-4-3-5-7-19/h3-14H,1-2H3,(H,23,25). The van der Waals surface area contributed by atoms with Gasteiger partial charge in [-0.05, 0) is 61.0 Å². The van der Waals surface area contributed by atoms with Crippen molar-refractivity contribution in [3.8, 4) is 0 Å². The number of amides is 1. The summed E-state index contributed by atoms with van der Waals surface area (Å²) in [5.41, 5.74) is 2.38. The molecule has 3 rings (SSSR count). The van der Waals surface area contributed by atoms with Gasteiger partial charge in [0.25, 0.3) is 15.9 Å². The Morgan fingerprint density at radius 3 is 2.21 bits per heavy atom. The molecule has 0 aliphatic rings. The quantitative estimate of drug-likeness (QED) is 0.656. The fourth-order valence-corrected chi connectivity index (χ4v) is 3.98. The summed E-state index contributed by atoms with van der Waals surface area (Å²) in [5.74, 6) is -0.306. The molecule has 3 aromatic carbocycles. The van der Waals surface area contributed by atoms with Gasteiger partial charge in [-0.3, -0.25) is 9.10 Å². The minimum Gasteiger partial charge on any atom is -0.322 e. The van der Waals surface area contributed by atoms with Crippen LogP contribution >= 0.6 is 11.6 Å². The molecule has 7 heteroatoms. The zero-order chi connectivity index (χ0) is 20.3. The van der Waals surface area contributed by atoms with Gasteiger partial charge in [0, 0.05) is 23.3 Å². The second kappa shape index (κ2) is 8.04. The Labute approximate surface area is 169 Å². The van der Waals surface area contributed by atoms with E-state index in [1.54, 1.807) is 66.7 Å². The van der Waals surface area contributed by atoms with Gasteiger partial charge in [0.05, 0.1) is 10.6 Å². The summed E-state index contributed by atoms with van der Waals surface area (Å²) < 4.78 is 26.6. The summed E-state index contributed by atoms with van der Waals surface area (Å²) in [6, 6.07) is 19.8. The van der Waals surface area contributed by atoms with Crippen molar-refractivity contribution in [3.05, 3.63) is 88.9 Å². The topological polar surface area (TPSA) is 66.5 Å². The molecule has 0 aromatic heterocycles. The van der Waals surface area contributed by atoms with E-state index in [-0.39, 0.29) is 10.8 Å². The maximum absolute atomic E-state index is 12.7. The number of hydrogen-bond acceptors (Lipinski definition) is 3. The van der Waals surface area contributed by atoms with E-state index in [1.807, 2.05) is 13.0 Å². The summed E-state index contributed by atoms with van der Waals surface area (Å²) >= 11 is 6.08. The van der Waals surface area contributed by atoms with Crippen molar-refractivity contribution in [2.45, 2.75) is 11.8 Å². The fourth-order valence-electron chi connectivity index (χ4n) is 2.59. The molecule has 0 heterocycles. The Kier molecular flexibility index (Phi) is 5.72. The van der Waals surface area contributed by atoms with Crippen molar-refractivity contribution in [3.63, 3.8) is 0 Å². The zero-order valence-electron chi connectivity index (χ0n) is 15.4. The molecule has 0 bridgehead atoms. The molecule has 0 unspecified atom stereocenters. The van der Waals surface area contributed by atoms with E-state index < -0.39 is 10.0 Å². The highest BCUT2D eigenvalue weighted by Gasteiger charge is 2.21. The first kappa shape index (κ1) is 19.9. The van der Waals surface area contributed by atoms with Crippen LogP contribution in [0.15, 0.2) is 77.7 Å². The molecule has 5 nitrogen and oxygen atoms in total. The zero-order valence-corrected chi connectivity index (χ0v) is 17.0. The molecule has 0 aliphatic heterocycles. The lowest BCUT2D eigenvalue weighted by Gasteiger charge is -2.19. The van der Waals surface area contributed by atoms with E-state index in [2.05, 4.69) is 5.32 Å². The van der Waals surface area contributed by atoms with Gasteiger partial charge >= 0.3 is 0 Å². The third-order valence-electron chi connectivity index (χ3n) is 4.32. The van der Waals surface area contributed by atoms with Crippen LogP contribution in [0.1, 0.15) is 15.9 Å². The first-order valence-corrected chi connectivity index (χ1v) is 10.3. The van der Waals surface area contributed by atoms with E-state index in [4.69, 9.17) is 11.6 Å². The molecular formula is C21H19ClN2O3S. The van der Waals surface area contributed by atoms with Gasteiger partial charge in [0.2, 0.25) is 0 Å². The van der Waals surface area contributed by atoms with Crippen molar-refractivity contribution in [2.24, 2.45) is 0 Å². The lowest BCUT2D eigenvalue weighted by atomic mass is 10.1. The summed E-state index contributed by atoms with van der Waals surface area (Å²) in [6.07, 6.45) is 0. The predicted octanol–water partition coefficient (Wildman–Crippen LogP) is 4.73. The Morgan fingerprint density at radius 1 is 0.964 bits per heavy atom. The molecule has 0 radical (unpaired) electrons. The number of halogens is 1. The van der Waals surface area contributed by atoms with E-state index in [0.29, 0.717) is 22.0 Å². The van der Waals surface area contributed by atoms with Gasteiger partial charge in [-0.25, -0.2) is 8.42 Å². The largest absolute Gasteiger partial charge is 0.322 e. The summed E-state index contributed by atoms with van der Waals surface area (Å²) in [5, 5.41) is 3.35. The van der Waals surface area contributed by atoms with E-state index in [9.17, 15) is 13.2 Å². The van der Waals surface area contributed by atoms with Crippen molar-refractivity contribution in [1.82, 2.24) is 0 Å². The minimum absolute atomic E-state index is 0.204. The molecule has 0 saturated heterocycles. The van der Waals surface area contributed by atoms with Gasteiger partial charge < -0.3 is 5.32 Å². The first-order valence-electron chi connectivity index (χ1n) is 8.50. The van der Waals surface area contributed by atoms with Crippen molar-refractivity contribution >= 4 is 38.9 Å². The number of hydrogen-bond donors (Lipinski definition) is 1. The number of nitrogens with zero attached hydrogens (tertiary/aromatic N) is 1. The number of sulfonamides is 1. The molecule has 0 saturated carbocycles. The number of aryl methyl sites for hydroxylation is 1. The van der Waals surface area contributed by atoms with Crippen LogP contribution in [-0.4, -0.2) is 21.4 Å². The first-order chi connectivity index (χ1) is 13.3. The Morgan fingerprint density at radius 2 is 1.61 bits per heavy atom. The highest BCUT2D eigenvalue weighted by atomic mass is 35.5. The summed E-state index contributed by atoms with van der Waals surface area (Å²) in [6.45, 7) is 1.88. The van der Waals surface area contributed by atoms with Crippen LogP contribution in [0, 0.1) is 6.92 Å². The van der Waals surface area contributed by atoms with Crippen LogP contribution in [0.5, 0.6) is 0 Å². The second-order valence-corrected chi connectivity index (χ2v) is 8.63. The van der Waals surface area contributed by atoms with Gasteiger partial charge in [0.15, 0.2) is 0 Å². The smallest absolute Gasteiger partial charge is 0.264 e. The Hall–Kier alpha value is -2.83. The summed E-state index contributed by atoms with van der Waals surface area (Å²) in [7, 11) is -2.19. The average molecular weight is 415 g/mol. The fraction of sp³-hybridized carbons (Fsp3) is 0.0952. The predicted molar refractivity (Wildman–Crippen MR) is 113 cm³/mol. The number of anilines is 2. The van der Waals surface area contributed by atoms with Crippen molar-refractivity contribution in [1.29, 1.82) is 0 Å². The molecular weight excluding hydrogens is 396 g/mol. The third kappa shape index (κ3) is 4.18. The highest BCUT2D eigenvalue weighted by Crippen LogP contribution is 2.23. The van der Waals surface area contributed by atoms with Gasteiger partial charge in [-0.1, -0.05) is 35.9 Å². The van der Waals surface area contributed by atoms with Crippen LogP contribution < -0.4 is 9.62 Å². The summed E-state index contributed by atoms with van der Waals surface area (Å²) in [4.78, 5) is 12.6. The molecule has 1 N–H and O–H groups in total. The number of carbonyl (C=O) groups is 1. The molecule has 0 aliphatic carbocycles. The number of rotatable bonds is 5. The SMILES string of the molecule is Cc1ccc(NC(=O)c2ccc(N(C)S(=O)(=O)c3ccccc3)cc2)cc1Cl. The van der Waals surface area contributed by atoms with Crippen LogP contribution in [0.4, 0.5) is 11.4 Å². The lowest BCUT2D eigenvalue weighted by molar-refractivity contribution is 0.102. The van der Waals surface area contributed by atoms with Crippen molar-refractivity contribution < 1.29 is 13.2 Å². The van der Waals surface area contributed by atoms with Crippen LogP contribution in [0.2, 0.25) is 5.02 Å². The Balaban J connectivity index is 1.77. The molecule has 0 atom stereocenters. The van der Waals surface area contributed by atoms with E-state index in [1.165, 1.54) is 11.4 Å². The number of nitrogens with one attached hydrogen (secondary N) is 1. The number of carbonyl (C=O) groups excluding carboxylic acids is 1. The second-order valence-electron chi connectivity index (χ2n) is 6.25. The van der Waals surface area contributed by atoms with Crippen LogP contribution in [-0.2, 0) is 10.0 Å². The van der Waals surface area contributed by atoms with E-state index in [0.717, 1.165) is 5.56 Å². The molecule has 144 valence electrons. The van der Waals surface area contributed by atoms with Crippen LogP contribution in [0.3, 0.4) is 0 Å². The lowest BCUT2D eigenvalue weighted by Crippen LogP contribution is -2.26.